The minimum absolute atomic E-state index is 0.113. The summed E-state index contributed by atoms with van der Waals surface area (Å²) < 4.78 is 32.6. The molecule has 3 aromatic rings. The Morgan fingerprint density at radius 1 is 1.08 bits per heavy atom. The number of pyridine rings is 1. The highest BCUT2D eigenvalue weighted by molar-refractivity contribution is 7.92. The number of aromatic nitrogens is 1. The number of nitrogens with zero attached hydrogens (tertiary/aromatic N) is 1. The van der Waals surface area contributed by atoms with Crippen LogP contribution in [0.15, 0.2) is 60.8 Å². The molecule has 1 heterocycles. The Labute approximate surface area is 147 Å². The van der Waals surface area contributed by atoms with Crippen LogP contribution in [0.25, 0.3) is 10.9 Å². The lowest BCUT2D eigenvalue weighted by molar-refractivity contribution is 0.487. The Bertz CT molecular complexity index is 966. The third-order valence-corrected chi connectivity index (χ3v) is 5.07. The molecule has 0 aliphatic heterocycles. The van der Waals surface area contributed by atoms with E-state index in [0.29, 0.717) is 23.6 Å². The first-order valence-corrected chi connectivity index (χ1v) is 9.85. The second kappa shape index (κ2) is 7.53. The van der Waals surface area contributed by atoms with Gasteiger partial charge < -0.3 is 4.74 Å². The van der Waals surface area contributed by atoms with Crippen LogP contribution in [0.2, 0.25) is 0 Å². The number of sulfonamides is 1. The minimum Gasteiger partial charge on any atom is -0.455 e. The average molecular weight is 356 g/mol. The number of para-hydroxylation sites is 1. The van der Waals surface area contributed by atoms with Gasteiger partial charge in [0, 0.05) is 17.6 Å². The van der Waals surface area contributed by atoms with Gasteiger partial charge in [-0.1, -0.05) is 37.6 Å². The molecule has 0 atom stereocenters. The van der Waals surface area contributed by atoms with Crippen LogP contribution in [0.5, 0.6) is 11.5 Å². The molecule has 0 saturated heterocycles. The second-order valence-electron chi connectivity index (χ2n) is 5.74. The number of anilines is 1. The zero-order valence-corrected chi connectivity index (χ0v) is 14.8. The molecule has 3 rings (SSSR count). The SMILES string of the molecule is CCCCS(=O)(=O)Nc1cccc(Oc2cccc3cccnc23)c1. The number of nitrogens with one attached hydrogen (secondary N) is 1. The first-order chi connectivity index (χ1) is 12.1. The number of fused-ring (bicyclic) bond motifs is 1. The molecule has 130 valence electrons. The number of ether oxygens (including phenoxy) is 1. The van der Waals surface area contributed by atoms with Gasteiger partial charge >= 0.3 is 0 Å². The highest BCUT2D eigenvalue weighted by Gasteiger charge is 2.10. The molecule has 0 amide bonds. The van der Waals surface area contributed by atoms with E-state index in [9.17, 15) is 8.42 Å². The van der Waals surface area contributed by atoms with Gasteiger partial charge in [-0.25, -0.2) is 8.42 Å². The van der Waals surface area contributed by atoms with Crippen molar-refractivity contribution in [3.63, 3.8) is 0 Å². The van der Waals surface area contributed by atoms with E-state index in [1.165, 1.54) is 0 Å². The number of benzene rings is 2. The molecule has 0 bridgehead atoms. The van der Waals surface area contributed by atoms with E-state index in [-0.39, 0.29) is 5.75 Å². The van der Waals surface area contributed by atoms with Gasteiger partial charge in [0.1, 0.15) is 11.3 Å². The summed E-state index contributed by atoms with van der Waals surface area (Å²) >= 11 is 0. The van der Waals surface area contributed by atoms with Crippen molar-refractivity contribution in [2.24, 2.45) is 0 Å². The van der Waals surface area contributed by atoms with Crippen LogP contribution in [0.1, 0.15) is 19.8 Å². The molecular weight excluding hydrogens is 336 g/mol. The Kier molecular flexibility index (Phi) is 5.19. The number of unbranched alkanes of at least 4 members (excludes halogenated alkanes) is 1. The Morgan fingerprint density at radius 2 is 1.88 bits per heavy atom. The topological polar surface area (TPSA) is 68.3 Å². The molecule has 25 heavy (non-hydrogen) atoms. The van der Waals surface area contributed by atoms with Gasteiger partial charge in [0.05, 0.1) is 11.4 Å². The molecule has 6 heteroatoms. The van der Waals surface area contributed by atoms with Crippen LogP contribution >= 0.6 is 0 Å². The largest absolute Gasteiger partial charge is 0.455 e. The molecule has 0 aliphatic carbocycles. The summed E-state index contributed by atoms with van der Waals surface area (Å²) in [5.41, 5.74) is 1.25. The van der Waals surface area contributed by atoms with Crippen molar-refractivity contribution < 1.29 is 13.2 Å². The summed E-state index contributed by atoms with van der Waals surface area (Å²) in [7, 11) is -3.34. The van der Waals surface area contributed by atoms with Gasteiger partial charge in [0.15, 0.2) is 5.75 Å². The van der Waals surface area contributed by atoms with E-state index >= 15 is 0 Å². The Morgan fingerprint density at radius 3 is 2.72 bits per heavy atom. The molecule has 0 aliphatic rings. The van der Waals surface area contributed by atoms with E-state index in [0.717, 1.165) is 17.3 Å². The number of rotatable bonds is 7. The van der Waals surface area contributed by atoms with Crippen LogP contribution in [0, 0.1) is 0 Å². The minimum atomic E-state index is -3.34. The third-order valence-electron chi connectivity index (χ3n) is 3.70. The molecule has 0 spiro atoms. The Hall–Kier alpha value is -2.60. The van der Waals surface area contributed by atoms with Crippen molar-refractivity contribution >= 4 is 26.6 Å². The maximum atomic E-state index is 12.0. The van der Waals surface area contributed by atoms with Crippen molar-refractivity contribution in [1.29, 1.82) is 0 Å². The summed E-state index contributed by atoms with van der Waals surface area (Å²) in [4.78, 5) is 4.36. The predicted molar refractivity (Wildman–Crippen MR) is 101 cm³/mol. The molecule has 0 saturated carbocycles. The summed E-state index contributed by atoms with van der Waals surface area (Å²) in [6, 6.07) is 16.5. The number of hydrogen-bond acceptors (Lipinski definition) is 4. The fraction of sp³-hybridized carbons (Fsp3) is 0.211. The van der Waals surface area contributed by atoms with Gasteiger partial charge in [0.25, 0.3) is 0 Å². The fourth-order valence-electron chi connectivity index (χ4n) is 2.47. The molecular formula is C19H20N2O3S. The monoisotopic (exact) mass is 356 g/mol. The van der Waals surface area contributed by atoms with E-state index < -0.39 is 10.0 Å². The van der Waals surface area contributed by atoms with Gasteiger partial charge in [-0.2, -0.15) is 0 Å². The van der Waals surface area contributed by atoms with Crippen LogP contribution < -0.4 is 9.46 Å². The lowest BCUT2D eigenvalue weighted by atomic mass is 10.2. The van der Waals surface area contributed by atoms with Crippen molar-refractivity contribution in [3.8, 4) is 11.5 Å². The van der Waals surface area contributed by atoms with Crippen molar-refractivity contribution in [1.82, 2.24) is 4.98 Å². The molecule has 2 aromatic carbocycles. The maximum Gasteiger partial charge on any atom is 0.232 e. The van der Waals surface area contributed by atoms with Gasteiger partial charge in [-0.15, -0.1) is 0 Å². The van der Waals surface area contributed by atoms with Crippen LogP contribution in [0.3, 0.4) is 0 Å². The van der Waals surface area contributed by atoms with Crippen LogP contribution in [0.4, 0.5) is 5.69 Å². The predicted octanol–water partition coefficient (Wildman–Crippen LogP) is 4.57. The molecule has 1 N–H and O–H groups in total. The zero-order chi connectivity index (χ0) is 17.7. The van der Waals surface area contributed by atoms with E-state index in [1.54, 1.807) is 30.5 Å². The zero-order valence-electron chi connectivity index (χ0n) is 14.0. The van der Waals surface area contributed by atoms with Crippen LogP contribution in [-0.2, 0) is 10.0 Å². The van der Waals surface area contributed by atoms with E-state index in [4.69, 9.17) is 4.74 Å². The summed E-state index contributed by atoms with van der Waals surface area (Å²) in [5.74, 6) is 1.29. The van der Waals surface area contributed by atoms with Crippen molar-refractivity contribution in [3.05, 3.63) is 60.8 Å². The third kappa shape index (κ3) is 4.48. The summed E-state index contributed by atoms with van der Waals surface area (Å²) in [6.07, 6.45) is 3.18. The maximum absolute atomic E-state index is 12.0. The normalized spacial score (nSPS) is 11.4. The first-order valence-electron chi connectivity index (χ1n) is 8.19. The van der Waals surface area contributed by atoms with Gasteiger partial charge in [-0.3, -0.25) is 9.71 Å². The Balaban J connectivity index is 1.82. The van der Waals surface area contributed by atoms with Crippen molar-refractivity contribution in [2.75, 3.05) is 10.5 Å². The van der Waals surface area contributed by atoms with E-state index in [1.807, 2.05) is 37.3 Å². The lowest BCUT2D eigenvalue weighted by Gasteiger charge is -2.11. The molecule has 0 fully saturated rings. The van der Waals surface area contributed by atoms with Crippen LogP contribution in [-0.4, -0.2) is 19.2 Å². The average Bonchev–Trinajstić information content (AvgIpc) is 2.60. The highest BCUT2D eigenvalue weighted by Crippen LogP contribution is 2.29. The van der Waals surface area contributed by atoms with Gasteiger partial charge in [-0.05, 0) is 30.7 Å². The second-order valence-corrected chi connectivity index (χ2v) is 7.58. The quantitative estimate of drug-likeness (QED) is 0.673. The van der Waals surface area contributed by atoms with Gasteiger partial charge in [0.2, 0.25) is 10.0 Å². The van der Waals surface area contributed by atoms with E-state index in [2.05, 4.69) is 9.71 Å². The fourth-order valence-corrected chi connectivity index (χ4v) is 3.73. The molecule has 0 radical (unpaired) electrons. The highest BCUT2D eigenvalue weighted by atomic mass is 32.2. The molecule has 5 nitrogen and oxygen atoms in total. The standard InChI is InChI=1S/C19H20N2O3S/c1-2-3-13-25(22,23)21-16-9-5-10-17(14-16)24-18-11-4-7-15-8-6-12-20-19(15)18/h4-12,14,21H,2-3,13H2,1H3. The smallest absolute Gasteiger partial charge is 0.232 e. The lowest BCUT2D eigenvalue weighted by Crippen LogP contribution is -2.16. The molecule has 0 unspecified atom stereocenters. The number of hydrogen-bond donors (Lipinski definition) is 1. The van der Waals surface area contributed by atoms with Crippen molar-refractivity contribution in [2.45, 2.75) is 19.8 Å². The summed E-state index contributed by atoms with van der Waals surface area (Å²) in [5, 5.41) is 0.983. The first kappa shape index (κ1) is 17.2. The molecule has 1 aromatic heterocycles. The summed E-state index contributed by atoms with van der Waals surface area (Å²) in [6.45, 7) is 1.96.